The largest absolute Gasteiger partial charge is 0.0864 e. The zero-order valence-corrected chi connectivity index (χ0v) is 8.62. The highest BCUT2D eigenvalue weighted by atomic mass is 15.2. The van der Waals surface area contributed by atoms with Crippen LogP contribution in [0.2, 0.25) is 0 Å². The smallest absolute Gasteiger partial charge is 0.0570 e. The Bertz CT molecular complexity index is 278. The minimum absolute atomic E-state index is 0.0648. The molecule has 3 aliphatic carbocycles. The van der Waals surface area contributed by atoms with Gasteiger partial charge in [-0.1, -0.05) is 25.9 Å². The molecule has 3 saturated carbocycles. The van der Waals surface area contributed by atoms with Gasteiger partial charge in [0.05, 0.1) is 5.54 Å². The third-order valence-corrected chi connectivity index (χ3v) is 4.68. The molecule has 3 atom stereocenters. The second kappa shape index (κ2) is 2.42. The summed E-state index contributed by atoms with van der Waals surface area (Å²) in [4.78, 5) is 3.04. The summed E-state index contributed by atoms with van der Waals surface area (Å²) in [6.45, 7) is 6.74. The van der Waals surface area contributed by atoms with Crippen LogP contribution in [0.3, 0.4) is 0 Å². The monoisotopic (exact) mass is 179 g/mol. The van der Waals surface area contributed by atoms with Crippen LogP contribution in [0, 0.1) is 17.3 Å². The first-order chi connectivity index (χ1) is 6.04. The molecule has 0 aromatic rings. The second-order valence-corrected chi connectivity index (χ2v) is 5.21. The van der Waals surface area contributed by atoms with Gasteiger partial charge in [-0.2, -0.15) is 0 Å². The number of azide groups is 1. The maximum absolute atomic E-state index is 8.62. The van der Waals surface area contributed by atoms with Gasteiger partial charge in [0, 0.05) is 4.91 Å². The maximum atomic E-state index is 8.62. The van der Waals surface area contributed by atoms with Crippen molar-refractivity contribution in [3.63, 3.8) is 0 Å². The molecule has 0 aromatic heterocycles. The van der Waals surface area contributed by atoms with E-state index in [1.165, 1.54) is 12.8 Å². The lowest BCUT2D eigenvalue weighted by Gasteiger charge is -2.66. The third-order valence-electron chi connectivity index (χ3n) is 4.68. The van der Waals surface area contributed by atoms with Crippen molar-refractivity contribution >= 4 is 0 Å². The van der Waals surface area contributed by atoms with Gasteiger partial charge in [-0.25, -0.2) is 0 Å². The number of rotatable bonds is 1. The fraction of sp³-hybridized carbons (Fsp3) is 1.00. The van der Waals surface area contributed by atoms with Crippen LogP contribution in [0.15, 0.2) is 5.11 Å². The van der Waals surface area contributed by atoms with Crippen LogP contribution in [-0.2, 0) is 0 Å². The van der Waals surface area contributed by atoms with Crippen molar-refractivity contribution < 1.29 is 0 Å². The van der Waals surface area contributed by atoms with Gasteiger partial charge in [0.15, 0.2) is 0 Å². The summed E-state index contributed by atoms with van der Waals surface area (Å²) in [7, 11) is 0. The molecule has 3 unspecified atom stereocenters. The van der Waals surface area contributed by atoms with E-state index in [-0.39, 0.29) is 11.0 Å². The normalized spacial score (nSPS) is 46.1. The topological polar surface area (TPSA) is 48.8 Å². The Labute approximate surface area is 79.1 Å². The molecule has 3 aliphatic rings. The predicted octanol–water partition coefficient (Wildman–Crippen LogP) is 3.51. The molecule has 3 rings (SSSR count). The van der Waals surface area contributed by atoms with Crippen molar-refractivity contribution in [1.29, 1.82) is 0 Å². The van der Waals surface area contributed by atoms with E-state index < -0.39 is 0 Å². The van der Waals surface area contributed by atoms with Gasteiger partial charge in [0.1, 0.15) is 0 Å². The highest BCUT2D eigenvalue weighted by Crippen LogP contribution is 2.66. The van der Waals surface area contributed by atoms with Gasteiger partial charge in [-0.3, -0.25) is 0 Å². The Kier molecular flexibility index (Phi) is 1.65. The Balaban J connectivity index is 2.38. The van der Waals surface area contributed by atoms with Gasteiger partial charge in [0.2, 0.25) is 0 Å². The third kappa shape index (κ3) is 0.833. The minimum Gasteiger partial charge on any atom is -0.0864 e. The van der Waals surface area contributed by atoms with Gasteiger partial charge in [-0.15, -0.1) is 0 Å². The Morgan fingerprint density at radius 3 is 2.54 bits per heavy atom. The zero-order chi connectivity index (χ0) is 9.69. The fourth-order valence-electron chi connectivity index (χ4n) is 3.45. The van der Waals surface area contributed by atoms with E-state index >= 15 is 0 Å². The van der Waals surface area contributed by atoms with Crippen molar-refractivity contribution in [2.24, 2.45) is 22.4 Å². The van der Waals surface area contributed by atoms with E-state index in [0.29, 0.717) is 5.92 Å². The molecule has 0 aliphatic heterocycles. The minimum atomic E-state index is -0.0648. The standard InChI is InChI=1S/C10H17N3/c1-7-4-5-8-6-10(7,12-13-11)9(8,2)3/h7-8H,4-6H2,1-3H3. The Morgan fingerprint density at radius 1 is 1.38 bits per heavy atom. The number of nitrogens with zero attached hydrogens (tertiary/aromatic N) is 3. The van der Waals surface area contributed by atoms with E-state index in [9.17, 15) is 0 Å². The SMILES string of the molecule is CC1CCC2CC1(N=[N+]=[N-])C2(C)C. The van der Waals surface area contributed by atoms with Crippen molar-refractivity contribution in [3.05, 3.63) is 10.4 Å². The molecule has 13 heavy (non-hydrogen) atoms. The number of hydrogen-bond donors (Lipinski definition) is 0. The molecule has 0 heterocycles. The van der Waals surface area contributed by atoms with Crippen LogP contribution in [0.4, 0.5) is 0 Å². The first-order valence-corrected chi connectivity index (χ1v) is 5.11. The molecule has 72 valence electrons. The maximum Gasteiger partial charge on any atom is 0.0570 e. The molecular weight excluding hydrogens is 162 g/mol. The molecule has 0 amide bonds. The molecule has 0 aromatic carbocycles. The zero-order valence-electron chi connectivity index (χ0n) is 8.62. The van der Waals surface area contributed by atoms with Crippen LogP contribution >= 0.6 is 0 Å². The van der Waals surface area contributed by atoms with Crippen LogP contribution in [-0.4, -0.2) is 5.54 Å². The van der Waals surface area contributed by atoms with Crippen molar-refractivity contribution in [2.75, 3.05) is 0 Å². The van der Waals surface area contributed by atoms with Crippen LogP contribution in [0.5, 0.6) is 0 Å². The summed E-state index contributed by atoms with van der Waals surface area (Å²) >= 11 is 0. The quantitative estimate of drug-likeness (QED) is 0.336. The molecule has 3 heteroatoms. The molecule has 3 nitrogen and oxygen atoms in total. The molecule has 0 spiro atoms. The Morgan fingerprint density at radius 2 is 2.08 bits per heavy atom. The highest BCUT2D eigenvalue weighted by molar-refractivity contribution is 5.18. The molecule has 3 fully saturated rings. The highest BCUT2D eigenvalue weighted by Gasteiger charge is 2.64. The second-order valence-electron chi connectivity index (χ2n) is 5.21. The van der Waals surface area contributed by atoms with Crippen molar-refractivity contribution in [3.8, 4) is 0 Å². The summed E-state index contributed by atoms with van der Waals surface area (Å²) in [6.07, 6.45) is 3.66. The first-order valence-electron chi connectivity index (χ1n) is 5.11. The van der Waals surface area contributed by atoms with Crippen molar-refractivity contribution in [2.45, 2.75) is 45.6 Å². The van der Waals surface area contributed by atoms with Gasteiger partial charge in [-0.05, 0) is 42.0 Å². The van der Waals surface area contributed by atoms with E-state index in [0.717, 1.165) is 12.3 Å². The number of fused-ring (bicyclic) bond motifs is 2. The molecule has 0 N–H and O–H groups in total. The lowest BCUT2D eigenvalue weighted by Crippen LogP contribution is -2.65. The Hall–Kier alpha value is -0.690. The predicted molar refractivity (Wildman–Crippen MR) is 52.2 cm³/mol. The van der Waals surface area contributed by atoms with E-state index in [1.54, 1.807) is 0 Å². The van der Waals surface area contributed by atoms with Crippen LogP contribution < -0.4 is 0 Å². The van der Waals surface area contributed by atoms with Gasteiger partial charge >= 0.3 is 0 Å². The van der Waals surface area contributed by atoms with Gasteiger partial charge < -0.3 is 0 Å². The summed E-state index contributed by atoms with van der Waals surface area (Å²) in [5.41, 5.74) is 8.78. The summed E-state index contributed by atoms with van der Waals surface area (Å²) in [5, 5.41) is 4.10. The van der Waals surface area contributed by atoms with Crippen LogP contribution in [0.1, 0.15) is 40.0 Å². The lowest BCUT2D eigenvalue weighted by molar-refractivity contribution is -0.123. The van der Waals surface area contributed by atoms with Crippen molar-refractivity contribution in [1.82, 2.24) is 0 Å². The lowest BCUT2D eigenvalue weighted by atomic mass is 9.41. The van der Waals surface area contributed by atoms with E-state index in [4.69, 9.17) is 5.53 Å². The van der Waals surface area contributed by atoms with Crippen LogP contribution in [0.25, 0.3) is 10.4 Å². The summed E-state index contributed by atoms with van der Waals surface area (Å²) in [5.74, 6) is 1.34. The number of hydrogen-bond acceptors (Lipinski definition) is 1. The fourth-order valence-corrected chi connectivity index (χ4v) is 3.45. The summed E-state index contributed by atoms with van der Waals surface area (Å²) < 4.78 is 0. The van der Waals surface area contributed by atoms with E-state index in [2.05, 4.69) is 30.8 Å². The average Bonchev–Trinajstić information content (AvgIpc) is 2.08. The molecule has 2 bridgehead atoms. The van der Waals surface area contributed by atoms with Gasteiger partial charge in [0.25, 0.3) is 0 Å². The molecule has 0 saturated heterocycles. The summed E-state index contributed by atoms with van der Waals surface area (Å²) in [6, 6.07) is 0. The van der Waals surface area contributed by atoms with E-state index in [1.807, 2.05) is 0 Å². The molecular formula is C10H17N3. The average molecular weight is 179 g/mol. The molecule has 0 radical (unpaired) electrons. The first kappa shape index (κ1) is 8.89.